The molecule has 0 radical (unpaired) electrons. The molecule has 2 atom stereocenters. The molecule has 2 heterocycles. The van der Waals surface area contributed by atoms with E-state index in [0.717, 1.165) is 58.0 Å². The number of guanidine groups is 1. The number of ether oxygens (including phenoxy) is 1. The molecule has 0 amide bonds. The van der Waals surface area contributed by atoms with E-state index in [1.807, 2.05) is 0 Å². The molecule has 2 aliphatic rings. The molecule has 0 aromatic heterocycles. The average molecular weight is 516 g/mol. The molecule has 29 heavy (non-hydrogen) atoms. The van der Waals surface area contributed by atoms with Crippen molar-refractivity contribution >= 4 is 29.9 Å². The smallest absolute Gasteiger partial charge is 0.191 e. The van der Waals surface area contributed by atoms with Crippen LogP contribution in [0.5, 0.6) is 0 Å². The first-order chi connectivity index (χ1) is 13.7. The van der Waals surface area contributed by atoms with Crippen molar-refractivity contribution in [3.8, 4) is 0 Å². The van der Waals surface area contributed by atoms with Crippen molar-refractivity contribution in [1.29, 1.82) is 0 Å². The number of aliphatic hydroxyl groups is 1. The lowest BCUT2D eigenvalue weighted by atomic mass is 9.84. The van der Waals surface area contributed by atoms with Crippen molar-refractivity contribution in [3.63, 3.8) is 0 Å². The molecule has 0 saturated carbocycles. The topological polar surface area (TPSA) is 69.1 Å². The summed E-state index contributed by atoms with van der Waals surface area (Å²) in [6, 6.07) is 9.20. The van der Waals surface area contributed by atoms with Gasteiger partial charge in [-0.1, -0.05) is 24.3 Å². The highest BCUT2D eigenvalue weighted by Gasteiger charge is 2.34. The van der Waals surface area contributed by atoms with Crippen LogP contribution in [0.3, 0.4) is 0 Å². The minimum absolute atomic E-state index is 0. The Morgan fingerprint density at radius 2 is 2.10 bits per heavy atom. The predicted molar refractivity (Wildman–Crippen MR) is 129 cm³/mol. The Labute approximate surface area is 192 Å². The van der Waals surface area contributed by atoms with Crippen LogP contribution < -0.4 is 10.6 Å². The summed E-state index contributed by atoms with van der Waals surface area (Å²) in [6.45, 7) is 10.5. The Hall–Kier alpha value is -0.900. The van der Waals surface area contributed by atoms with Gasteiger partial charge in [0.1, 0.15) is 0 Å². The van der Waals surface area contributed by atoms with Crippen LogP contribution in [0, 0.1) is 5.41 Å². The van der Waals surface area contributed by atoms with Crippen LogP contribution in [0.4, 0.5) is 0 Å². The summed E-state index contributed by atoms with van der Waals surface area (Å²) in [5.74, 6) is 0.857. The molecule has 7 heteroatoms. The van der Waals surface area contributed by atoms with Gasteiger partial charge < -0.3 is 20.5 Å². The van der Waals surface area contributed by atoms with Gasteiger partial charge in [0.05, 0.1) is 13.2 Å². The van der Waals surface area contributed by atoms with E-state index in [4.69, 9.17) is 9.73 Å². The molecular weight excluding hydrogens is 479 g/mol. The number of hydrogen-bond acceptors (Lipinski definition) is 4. The zero-order chi connectivity index (χ0) is 19.8. The van der Waals surface area contributed by atoms with Crippen molar-refractivity contribution in [2.24, 2.45) is 10.4 Å². The van der Waals surface area contributed by atoms with Gasteiger partial charge in [-0.25, -0.2) is 0 Å². The molecule has 164 valence electrons. The van der Waals surface area contributed by atoms with Gasteiger partial charge >= 0.3 is 0 Å². The summed E-state index contributed by atoms with van der Waals surface area (Å²) in [5.41, 5.74) is 2.93. The lowest BCUT2D eigenvalue weighted by molar-refractivity contribution is 0.131. The van der Waals surface area contributed by atoms with Gasteiger partial charge in [0.25, 0.3) is 0 Å². The lowest BCUT2D eigenvalue weighted by Crippen LogP contribution is -2.47. The number of fused-ring (bicyclic) bond motifs is 1. The molecule has 3 N–H and O–H groups in total. The SMILES string of the molecule is CCNC(=NCC1(CCO)CCOC1)NCC(C)N1CCc2ccccc2C1.I. The third kappa shape index (κ3) is 6.80. The predicted octanol–water partition coefficient (Wildman–Crippen LogP) is 2.40. The van der Waals surface area contributed by atoms with Crippen LogP contribution >= 0.6 is 24.0 Å². The van der Waals surface area contributed by atoms with Crippen molar-refractivity contribution in [2.75, 3.05) is 46.0 Å². The first-order valence-corrected chi connectivity index (χ1v) is 10.7. The number of nitrogens with one attached hydrogen (secondary N) is 2. The zero-order valence-corrected chi connectivity index (χ0v) is 20.2. The van der Waals surface area contributed by atoms with Crippen molar-refractivity contribution in [3.05, 3.63) is 35.4 Å². The molecule has 1 aromatic rings. The van der Waals surface area contributed by atoms with Crippen molar-refractivity contribution in [1.82, 2.24) is 15.5 Å². The molecule has 1 saturated heterocycles. The molecule has 6 nitrogen and oxygen atoms in total. The highest BCUT2D eigenvalue weighted by molar-refractivity contribution is 14.0. The Morgan fingerprint density at radius 1 is 1.31 bits per heavy atom. The molecule has 1 fully saturated rings. The number of hydrogen-bond donors (Lipinski definition) is 3. The Morgan fingerprint density at radius 3 is 2.79 bits per heavy atom. The Balaban J connectivity index is 0.00000300. The number of aliphatic hydroxyl groups excluding tert-OH is 1. The summed E-state index contributed by atoms with van der Waals surface area (Å²) in [5, 5.41) is 16.3. The molecular formula is C22H37IN4O2. The van der Waals surface area contributed by atoms with Crippen LogP contribution in [-0.2, 0) is 17.7 Å². The maximum atomic E-state index is 9.41. The fourth-order valence-electron chi connectivity index (χ4n) is 4.14. The minimum Gasteiger partial charge on any atom is -0.396 e. The average Bonchev–Trinajstić information content (AvgIpc) is 3.18. The monoisotopic (exact) mass is 516 g/mol. The van der Waals surface area contributed by atoms with Gasteiger partial charge in [-0.2, -0.15) is 0 Å². The normalized spacial score (nSPS) is 23.2. The summed E-state index contributed by atoms with van der Waals surface area (Å²) < 4.78 is 5.58. The van der Waals surface area contributed by atoms with Crippen molar-refractivity contribution in [2.45, 2.75) is 45.7 Å². The Bertz CT molecular complexity index is 649. The van der Waals surface area contributed by atoms with Gasteiger partial charge in [0.2, 0.25) is 0 Å². The quantitative estimate of drug-likeness (QED) is 0.281. The van der Waals surface area contributed by atoms with E-state index in [1.165, 1.54) is 11.1 Å². The molecule has 2 aliphatic heterocycles. The fourth-order valence-corrected chi connectivity index (χ4v) is 4.14. The van der Waals surface area contributed by atoms with Crippen molar-refractivity contribution < 1.29 is 9.84 Å². The lowest BCUT2D eigenvalue weighted by Gasteiger charge is -2.34. The van der Waals surface area contributed by atoms with Gasteiger partial charge in [-0.05, 0) is 44.2 Å². The number of halogens is 1. The number of benzene rings is 1. The highest BCUT2D eigenvalue weighted by Crippen LogP contribution is 2.32. The third-order valence-electron chi connectivity index (χ3n) is 6.09. The molecule has 2 unspecified atom stereocenters. The molecule has 0 aliphatic carbocycles. The zero-order valence-electron chi connectivity index (χ0n) is 17.8. The van der Waals surface area contributed by atoms with Gasteiger partial charge in [-0.15, -0.1) is 24.0 Å². The van der Waals surface area contributed by atoms with E-state index in [2.05, 4.69) is 53.6 Å². The number of nitrogens with zero attached hydrogens (tertiary/aromatic N) is 2. The van der Waals surface area contributed by atoms with E-state index in [9.17, 15) is 5.11 Å². The summed E-state index contributed by atoms with van der Waals surface area (Å²) in [4.78, 5) is 7.36. The minimum atomic E-state index is -0.0146. The number of rotatable bonds is 8. The Kier molecular flexibility index (Phi) is 10.1. The van der Waals surface area contributed by atoms with Crippen LogP contribution in [0.1, 0.15) is 37.8 Å². The molecule has 1 aromatic carbocycles. The highest BCUT2D eigenvalue weighted by atomic mass is 127. The second kappa shape index (κ2) is 12.1. The maximum absolute atomic E-state index is 9.41. The summed E-state index contributed by atoms with van der Waals surface area (Å²) in [6.07, 6.45) is 2.85. The van der Waals surface area contributed by atoms with Gasteiger partial charge in [0, 0.05) is 50.8 Å². The third-order valence-corrected chi connectivity index (χ3v) is 6.09. The van der Waals surface area contributed by atoms with Gasteiger partial charge in [0.15, 0.2) is 5.96 Å². The summed E-state index contributed by atoms with van der Waals surface area (Å²) in [7, 11) is 0. The maximum Gasteiger partial charge on any atom is 0.191 e. The number of aliphatic imine (C=N–C) groups is 1. The van der Waals surface area contributed by atoms with E-state index < -0.39 is 0 Å². The first kappa shape index (κ1) is 24.4. The van der Waals surface area contributed by atoms with Crippen LogP contribution in [-0.4, -0.2) is 68.0 Å². The van der Waals surface area contributed by atoms with E-state index >= 15 is 0 Å². The molecule has 0 bridgehead atoms. The van der Waals surface area contributed by atoms with Crippen LogP contribution in [0.25, 0.3) is 0 Å². The fraction of sp³-hybridized carbons (Fsp3) is 0.682. The largest absolute Gasteiger partial charge is 0.396 e. The van der Waals surface area contributed by atoms with Crippen LogP contribution in [0.15, 0.2) is 29.3 Å². The standard InChI is InChI=1S/C22H36N4O2.HI/c1-3-23-21(25-16-22(9-12-27)10-13-28-17-22)24-14-18(2)26-11-8-19-6-4-5-7-20(19)15-26;/h4-7,18,27H,3,8-17H2,1-2H3,(H2,23,24,25);1H. The second-order valence-corrected chi connectivity index (χ2v) is 8.19. The second-order valence-electron chi connectivity index (χ2n) is 8.19. The molecule has 3 rings (SSSR count). The summed E-state index contributed by atoms with van der Waals surface area (Å²) >= 11 is 0. The first-order valence-electron chi connectivity index (χ1n) is 10.7. The van der Waals surface area contributed by atoms with Gasteiger partial charge in [-0.3, -0.25) is 9.89 Å². The van der Waals surface area contributed by atoms with E-state index in [0.29, 0.717) is 19.2 Å². The van der Waals surface area contributed by atoms with E-state index in [1.54, 1.807) is 0 Å². The van der Waals surface area contributed by atoms with Crippen LogP contribution in [0.2, 0.25) is 0 Å². The van der Waals surface area contributed by atoms with E-state index in [-0.39, 0.29) is 36.0 Å². The molecule has 0 spiro atoms.